The van der Waals surface area contributed by atoms with Gasteiger partial charge in [-0.3, -0.25) is 4.79 Å². The molecule has 2 aromatic rings. The average Bonchev–Trinajstić information content (AvgIpc) is 2.58. The number of amides is 1. The van der Waals surface area contributed by atoms with Gasteiger partial charge in [0.05, 0.1) is 13.2 Å². The molecule has 5 nitrogen and oxygen atoms in total. The van der Waals surface area contributed by atoms with Gasteiger partial charge in [0.2, 0.25) is 5.88 Å². The largest absolute Gasteiger partial charge is 0.474 e. The summed E-state index contributed by atoms with van der Waals surface area (Å²) in [6, 6.07) is 10.3. The number of rotatable bonds is 4. The minimum absolute atomic E-state index is 0.0887. The van der Waals surface area contributed by atoms with Crippen LogP contribution in [0.3, 0.4) is 0 Å². The van der Waals surface area contributed by atoms with Crippen LogP contribution in [0.2, 0.25) is 5.02 Å². The zero-order valence-corrected chi connectivity index (χ0v) is 13.3. The van der Waals surface area contributed by atoms with Gasteiger partial charge in [-0.05, 0) is 30.3 Å². The van der Waals surface area contributed by atoms with Crippen molar-refractivity contribution in [2.75, 3.05) is 18.5 Å². The lowest BCUT2D eigenvalue weighted by atomic mass is 10.1. The number of carbonyl (C=O) groups is 1. The number of pyridine rings is 1. The number of carbonyl (C=O) groups excluding carboxylic acids is 1. The van der Waals surface area contributed by atoms with Crippen molar-refractivity contribution in [2.24, 2.45) is 0 Å². The van der Waals surface area contributed by atoms with E-state index in [1.165, 1.54) is 0 Å². The molecule has 3 rings (SSSR count). The number of benzene rings is 1. The Bertz CT molecular complexity index is 670. The lowest BCUT2D eigenvalue weighted by Crippen LogP contribution is -2.26. The molecule has 23 heavy (non-hydrogen) atoms. The third-order valence-electron chi connectivity index (χ3n) is 3.55. The fourth-order valence-electron chi connectivity index (χ4n) is 2.32. The van der Waals surface area contributed by atoms with Crippen molar-refractivity contribution in [2.45, 2.75) is 18.9 Å². The summed E-state index contributed by atoms with van der Waals surface area (Å²) in [5.41, 5.74) is 1.18. The van der Waals surface area contributed by atoms with Crippen LogP contribution in [0.4, 0.5) is 5.69 Å². The van der Waals surface area contributed by atoms with Crippen molar-refractivity contribution in [3.8, 4) is 5.88 Å². The highest BCUT2D eigenvalue weighted by atomic mass is 35.5. The summed E-state index contributed by atoms with van der Waals surface area (Å²) in [4.78, 5) is 16.5. The Morgan fingerprint density at radius 1 is 1.22 bits per heavy atom. The molecule has 120 valence electrons. The third kappa shape index (κ3) is 4.43. The first-order valence-electron chi connectivity index (χ1n) is 7.48. The maximum atomic E-state index is 12.3. The Morgan fingerprint density at radius 2 is 1.96 bits per heavy atom. The van der Waals surface area contributed by atoms with Crippen molar-refractivity contribution >= 4 is 23.2 Å². The summed E-state index contributed by atoms with van der Waals surface area (Å²) in [7, 11) is 0. The molecule has 1 amide bonds. The average molecular weight is 333 g/mol. The van der Waals surface area contributed by atoms with E-state index in [-0.39, 0.29) is 12.0 Å². The molecule has 1 aromatic carbocycles. The highest BCUT2D eigenvalue weighted by molar-refractivity contribution is 6.30. The first-order valence-corrected chi connectivity index (χ1v) is 7.86. The maximum Gasteiger partial charge on any atom is 0.255 e. The number of hydrogen-bond acceptors (Lipinski definition) is 4. The van der Waals surface area contributed by atoms with Crippen LogP contribution in [0.5, 0.6) is 5.88 Å². The minimum Gasteiger partial charge on any atom is -0.474 e. The van der Waals surface area contributed by atoms with E-state index < -0.39 is 0 Å². The van der Waals surface area contributed by atoms with E-state index in [0.29, 0.717) is 35.4 Å². The molecular weight excluding hydrogens is 316 g/mol. The summed E-state index contributed by atoms with van der Waals surface area (Å²) in [5.74, 6) is 0.243. The van der Waals surface area contributed by atoms with Gasteiger partial charge in [0.1, 0.15) is 6.10 Å². The van der Waals surface area contributed by atoms with Crippen LogP contribution in [-0.4, -0.2) is 30.2 Å². The molecule has 0 saturated carbocycles. The summed E-state index contributed by atoms with van der Waals surface area (Å²) in [6.45, 7) is 1.39. The number of aromatic nitrogens is 1. The van der Waals surface area contributed by atoms with Crippen molar-refractivity contribution in [3.05, 3.63) is 53.2 Å². The predicted octanol–water partition coefficient (Wildman–Crippen LogP) is 3.55. The van der Waals surface area contributed by atoms with Crippen LogP contribution in [0.15, 0.2) is 42.6 Å². The van der Waals surface area contributed by atoms with Crippen molar-refractivity contribution in [1.82, 2.24) is 4.98 Å². The summed E-state index contributed by atoms with van der Waals surface area (Å²) in [5, 5.41) is 3.44. The topological polar surface area (TPSA) is 60.5 Å². The highest BCUT2D eigenvalue weighted by Crippen LogP contribution is 2.18. The summed E-state index contributed by atoms with van der Waals surface area (Å²) < 4.78 is 11.1. The second-order valence-corrected chi connectivity index (χ2v) is 5.71. The van der Waals surface area contributed by atoms with Gasteiger partial charge >= 0.3 is 0 Å². The van der Waals surface area contributed by atoms with Crippen LogP contribution < -0.4 is 10.1 Å². The second kappa shape index (κ2) is 7.44. The number of anilines is 1. The van der Waals surface area contributed by atoms with Crippen LogP contribution in [0.25, 0.3) is 0 Å². The molecule has 0 atom stereocenters. The van der Waals surface area contributed by atoms with Crippen LogP contribution in [0.1, 0.15) is 23.2 Å². The number of ether oxygens (including phenoxy) is 2. The number of halogens is 1. The number of hydrogen-bond donors (Lipinski definition) is 1. The monoisotopic (exact) mass is 332 g/mol. The SMILES string of the molecule is O=C(Nc1ccc(Cl)cc1)c1ccnc(OC2CCOCC2)c1. The lowest BCUT2D eigenvalue weighted by molar-refractivity contribution is 0.0237. The van der Waals surface area contributed by atoms with Gasteiger partial charge in [-0.1, -0.05) is 11.6 Å². The van der Waals surface area contributed by atoms with Gasteiger partial charge in [0.15, 0.2) is 0 Å². The van der Waals surface area contributed by atoms with Crippen molar-refractivity contribution in [3.63, 3.8) is 0 Å². The van der Waals surface area contributed by atoms with Gasteiger partial charge in [0.25, 0.3) is 5.91 Å². The zero-order chi connectivity index (χ0) is 16.1. The molecule has 1 aromatic heterocycles. The van der Waals surface area contributed by atoms with E-state index >= 15 is 0 Å². The molecule has 2 heterocycles. The molecule has 1 aliphatic heterocycles. The second-order valence-electron chi connectivity index (χ2n) is 5.27. The molecule has 6 heteroatoms. The molecule has 1 saturated heterocycles. The van der Waals surface area contributed by atoms with Crippen LogP contribution >= 0.6 is 11.6 Å². The summed E-state index contributed by atoms with van der Waals surface area (Å²) >= 11 is 5.83. The quantitative estimate of drug-likeness (QED) is 0.930. The third-order valence-corrected chi connectivity index (χ3v) is 3.81. The molecule has 0 radical (unpaired) electrons. The molecule has 0 bridgehead atoms. The number of nitrogens with one attached hydrogen (secondary N) is 1. The molecule has 0 aliphatic carbocycles. The highest BCUT2D eigenvalue weighted by Gasteiger charge is 2.16. The molecule has 1 N–H and O–H groups in total. The van der Waals surface area contributed by atoms with Gasteiger partial charge in [-0.25, -0.2) is 4.98 Å². The van der Waals surface area contributed by atoms with E-state index in [2.05, 4.69) is 10.3 Å². The van der Waals surface area contributed by atoms with Gasteiger partial charge in [0, 0.05) is 41.4 Å². The maximum absolute atomic E-state index is 12.3. The molecular formula is C17H17ClN2O3. The van der Waals surface area contributed by atoms with Crippen LogP contribution in [0, 0.1) is 0 Å². The predicted molar refractivity (Wildman–Crippen MR) is 88.1 cm³/mol. The van der Waals surface area contributed by atoms with E-state index in [1.54, 1.807) is 42.6 Å². The molecule has 1 aliphatic rings. The van der Waals surface area contributed by atoms with Gasteiger partial charge in [-0.15, -0.1) is 0 Å². The Hall–Kier alpha value is -2.11. The lowest BCUT2D eigenvalue weighted by Gasteiger charge is -2.22. The van der Waals surface area contributed by atoms with E-state index in [4.69, 9.17) is 21.1 Å². The van der Waals surface area contributed by atoms with Crippen molar-refractivity contribution in [1.29, 1.82) is 0 Å². The van der Waals surface area contributed by atoms with Gasteiger partial charge < -0.3 is 14.8 Å². The summed E-state index contributed by atoms with van der Waals surface area (Å²) in [6.07, 6.45) is 3.34. The van der Waals surface area contributed by atoms with E-state index in [0.717, 1.165) is 12.8 Å². The smallest absolute Gasteiger partial charge is 0.255 e. The standard InChI is InChI=1S/C17H17ClN2O3/c18-13-1-3-14(4-2-13)20-17(21)12-5-8-19-16(11-12)23-15-6-9-22-10-7-15/h1-5,8,11,15H,6-7,9-10H2,(H,20,21). The fourth-order valence-corrected chi connectivity index (χ4v) is 2.44. The zero-order valence-electron chi connectivity index (χ0n) is 12.5. The van der Waals surface area contributed by atoms with Crippen LogP contribution in [-0.2, 0) is 4.74 Å². The van der Waals surface area contributed by atoms with E-state index in [1.807, 2.05) is 0 Å². The normalized spacial score (nSPS) is 15.2. The molecule has 0 unspecified atom stereocenters. The first-order chi connectivity index (χ1) is 11.2. The first kappa shape index (κ1) is 15.8. The van der Waals surface area contributed by atoms with Crippen molar-refractivity contribution < 1.29 is 14.3 Å². The Balaban J connectivity index is 1.66. The fraction of sp³-hybridized carbons (Fsp3) is 0.294. The Labute approximate surface area is 139 Å². The van der Waals surface area contributed by atoms with Gasteiger partial charge in [-0.2, -0.15) is 0 Å². The molecule has 1 fully saturated rings. The number of nitrogens with zero attached hydrogens (tertiary/aromatic N) is 1. The Kier molecular flexibility index (Phi) is 5.10. The molecule has 0 spiro atoms. The van der Waals surface area contributed by atoms with E-state index in [9.17, 15) is 4.79 Å². The minimum atomic E-state index is -0.216. The Morgan fingerprint density at radius 3 is 2.70 bits per heavy atom.